The molecule has 0 aliphatic rings. The van der Waals surface area contributed by atoms with E-state index < -0.39 is 0 Å². The van der Waals surface area contributed by atoms with E-state index in [1.807, 2.05) is 18.2 Å². The van der Waals surface area contributed by atoms with Gasteiger partial charge in [0.15, 0.2) is 0 Å². The Morgan fingerprint density at radius 1 is 0.944 bits per heavy atom. The van der Waals surface area contributed by atoms with E-state index in [2.05, 4.69) is 49.5 Å². The van der Waals surface area contributed by atoms with Gasteiger partial charge in [0.2, 0.25) is 0 Å². The molecule has 0 aliphatic carbocycles. The van der Waals surface area contributed by atoms with Gasteiger partial charge in [-0.15, -0.1) is 0 Å². The highest BCUT2D eigenvalue weighted by molar-refractivity contribution is 5.42. The van der Waals surface area contributed by atoms with Crippen LogP contribution in [0.2, 0.25) is 0 Å². The molecular weight excluding hydrogens is 222 g/mol. The standard InChI is InChI=1S/C16H19NO/c1-13-10-14(2)12-16(11-13)18-9-8-17-15-6-4-3-5-7-15/h3-7,10-12,17H,8-9H2,1-2H3. The van der Waals surface area contributed by atoms with Gasteiger partial charge in [-0.3, -0.25) is 0 Å². The van der Waals surface area contributed by atoms with Crippen LogP contribution in [0.5, 0.6) is 5.75 Å². The molecule has 1 N–H and O–H groups in total. The number of hydrogen-bond acceptors (Lipinski definition) is 2. The van der Waals surface area contributed by atoms with Gasteiger partial charge in [0.25, 0.3) is 0 Å². The monoisotopic (exact) mass is 241 g/mol. The number of aryl methyl sites for hydroxylation is 2. The number of nitrogens with one attached hydrogen (secondary N) is 1. The molecule has 0 radical (unpaired) electrons. The van der Waals surface area contributed by atoms with Crippen LogP contribution < -0.4 is 10.1 Å². The SMILES string of the molecule is Cc1cc(C)cc(OCCNc2ccccc2)c1. The maximum Gasteiger partial charge on any atom is 0.119 e. The summed E-state index contributed by atoms with van der Waals surface area (Å²) in [5.41, 5.74) is 3.60. The summed E-state index contributed by atoms with van der Waals surface area (Å²) in [5.74, 6) is 0.947. The predicted octanol–water partition coefficient (Wildman–Crippen LogP) is 3.79. The van der Waals surface area contributed by atoms with E-state index in [1.54, 1.807) is 0 Å². The van der Waals surface area contributed by atoms with Crippen LogP contribution in [0.1, 0.15) is 11.1 Å². The van der Waals surface area contributed by atoms with Crippen LogP contribution in [0.15, 0.2) is 48.5 Å². The van der Waals surface area contributed by atoms with Gasteiger partial charge in [-0.2, -0.15) is 0 Å². The number of benzene rings is 2. The van der Waals surface area contributed by atoms with Crippen LogP contribution in [0.4, 0.5) is 5.69 Å². The molecule has 0 heterocycles. The average molecular weight is 241 g/mol. The lowest BCUT2D eigenvalue weighted by Gasteiger charge is -2.09. The van der Waals surface area contributed by atoms with E-state index in [-0.39, 0.29) is 0 Å². The van der Waals surface area contributed by atoms with Crippen molar-refractivity contribution < 1.29 is 4.74 Å². The second-order valence-corrected chi connectivity index (χ2v) is 4.46. The van der Waals surface area contributed by atoms with Crippen molar-refractivity contribution in [3.63, 3.8) is 0 Å². The van der Waals surface area contributed by atoms with E-state index >= 15 is 0 Å². The summed E-state index contributed by atoms with van der Waals surface area (Å²) in [4.78, 5) is 0. The quantitative estimate of drug-likeness (QED) is 0.804. The minimum absolute atomic E-state index is 0.664. The molecule has 0 bridgehead atoms. The van der Waals surface area contributed by atoms with Crippen molar-refractivity contribution in [1.29, 1.82) is 0 Å². The van der Waals surface area contributed by atoms with Gasteiger partial charge in [0, 0.05) is 12.2 Å². The Bertz CT molecular complexity index is 473. The molecule has 2 heteroatoms. The third-order valence-electron chi connectivity index (χ3n) is 2.67. The normalized spacial score (nSPS) is 10.1. The Hall–Kier alpha value is -1.96. The first-order chi connectivity index (χ1) is 8.74. The summed E-state index contributed by atoms with van der Waals surface area (Å²) in [6, 6.07) is 16.4. The average Bonchev–Trinajstić information content (AvgIpc) is 2.35. The molecule has 0 fully saturated rings. The van der Waals surface area contributed by atoms with Gasteiger partial charge >= 0.3 is 0 Å². The molecule has 0 spiro atoms. The van der Waals surface area contributed by atoms with Crippen molar-refractivity contribution in [3.05, 3.63) is 59.7 Å². The summed E-state index contributed by atoms with van der Waals surface area (Å²) < 4.78 is 5.73. The molecule has 2 aromatic rings. The van der Waals surface area contributed by atoms with Crippen LogP contribution in [0.3, 0.4) is 0 Å². The maximum atomic E-state index is 5.73. The van der Waals surface area contributed by atoms with Crippen molar-refractivity contribution in [3.8, 4) is 5.75 Å². The van der Waals surface area contributed by atoms with Crippen molar-refractivity contribution in [2.45, 2.75) is 13.8 Å². The first-order valence-corrected chi connectivity index (χ1v) is 6.24. The van der Waals surface area contributed by atoms with Crippen molar-refractivity contribution in [2.24, 2.45) is 0 Å². The fraction of sp³-hybridized carbons (Fsp3) is 0.250. The number of anilines is 1. The molecule has 0 atom stereocenters. The number of ether oxygens (including phenoxy) is 1. The van der Waals surface area contributed by atoms with Gasteiger partial charge in [-0.05, 0) is 49.2 Å². The zero-order valence-corrected chi connectivity index (χ0v) is 10.9. The molecule has 2 rings (SSSR count). The van der Waals surface area contributed by atoms with E-state index in [1.165, 1.54) is 11.1 Å². The number of para-hydroxylation sites is 1. The fourth-order valence-electron chi connectivity index (χ4n) is 1.94. The second kappa shape index (κ2) is 6.10. The molecule has 0 amide bonds. The molecule has 0 saturated carbocycles. The maximum absolute atomic E-state index is 5.73. The Morgan fingerprint density at radius 3 is 2.28 bits per heavy atom. The van der Waals surface area contributed by atoms with Crippen LogP contribution in [0.25, 0.3) is 0 Å². The predicted molar refractivity (Wildman–Crippen MR) is 76.3 cm³/mol. The van der Waals surface area contributed by atoms with Gasteiger partial charge in [-0.25, -0.2) is 0 Å². The van der Waals surface area contributed by atoms with Gasteiger partial charge in [-0.1, -0.05) is 24.3 Å². The first-order valence-electron chi connectivity index (χ1n) is 6.24. The van der Waals surface area contributed by atoms with Crippen LogP contribution in [-0.2, 0) is 0 Å². The number of rotatable bonds is 5. The molecule has 0 aliphatic heterocycles. The minimum atomic E-state index is 0.664. The van der Waals surface area contributed by atoms with Crippen LogP contribution >= 0.6 is 0 Å². The minimum Gasteiger partial charge on any atom is -0.492 e. The molecule has 0 unspecified atom stereocenters. The van der Waals surface area contributed by atoms with E-state index in [0.29, 0.717) is 6.61 Å². The summed E-state index contributed by atoms with van der Waals surface area (Å²) in [5, 5.41) is 3.32. The molecule has 2 aromatic carbocycles. The lowest BCUT2D eigenvalue weighted by atomic mass is 10.1. The van der Waals surface area contributed by atoms with E-state index in [9.17, 15) is 0 Å². The van der Waals surface area contributed by atoms with Crippen molar-refractivity contribution in [2.75, 3.05) is 18.5 Å². The highest BCUT2D eigenvalue weighted by atomic mass is 16.5. The van der Waals surface area contributed by atoms with Gasteiger partial charge in [0.05, 0.1) is 0 Å². The lowest BCUT2D eigenvalue weighted by molar-refractivity contribution is 0.332. The Morgan fingerprint density at radius 2 is 1.61 bits per heavy atom. The molecule has 0 aromatic heterocycles. The summed E-state index contributed by atoms with van der Waals surface area (Å²) in [6.45, 7) is 5.64. The lowest BCUT2D eigenvalue weighted by Crippen LogP contribution is -2.11. The van der Waals surface area contributed by atoms with E-state index in [0.717, 1.165) is 18.0 Å². The molecule has 2 nitrogen and oxygen atoms in total. The number of hydrogen-bond donors (Lipinski definition) is 1. The second-order valence-electron chi connectivity index (χ2n) is 4.46. The van der Waals surface area contributed by atoms with Crippen molar-refractivity contribution >= 4 is 5.69 Å². The first kappa shape index (κ1) is 12.5. The fourth-order valence-corrected chi connectivity index (χ4v) is 1.94. The molecular formula is C16H19NO. The Balaban J connectivity index is 1.78. The van der Waals surface area contributed by atoms with Crippen LogP contribution in [-0.4, -0.2) is 13.2 Å². The Labute approximate surface area is 109 Å². The zero-order chi connectivity index (χ0) is 12.8. The highest BCUT2D eigenvalue weighted by Crippen LogP contribution is 2.16. The molecule has 94 valence electrons. The summed E-state index contributed by atoms with van der Waals surface area (Å²) >= 11 is 0. The largest absolute Gasteiger partial charge is 0.492 e. The van der Waals surface area contributed by atoms with Crippen molar-refractivity contribution in [1.82, 2.24) is 0 Å². The summed E-state index contributed by atoms with van der Waals surface area (Å²) in [7, 11) is 0. The highest BCUT2D eigenvalue weighted by Gasteiger charge is 1.96. The van der Waals surface area contributed by atoms with Crippen LogP contribution in [0, 0.1) is 13.8 Å². The summed E-state index contributed by atoms with van der Waals surface area (Å²) in [6.07, 6.45) is 0. The Kier molecular flexibility index (Phi) is 4.24. The van der Waals surface area contributed by atoms with Gasteiger partial charge < -0.3 is 10.1 Å². The zero-order valence-electron chi connectivity index (χ0n) is 10.9. The van der Waals surface area contributed by atoms with Gasteiger partial charge in [0.1, 0.15) is 12.4 Å². The smallest absolute Gasteiger partial charge is 0.119 e. The molecule has 18 heavy (non-hydrogen) atoms. The van der Waals surface area contributed by atoms with E-state index in [4.69, 9.17) is 4.74 Å². The third kappa shape index (κ3) is 3.81. The third-order valence-corrected chi connectivity index (χ3v) is 2.67. The molecule has 0 saturated heterocycles. The topological polar surface area (TPSA) is 21.3 Å².